The summed E-state index contributed by atoms with van der Waals surface area (Å²) in [6.07, 6.45) is 0.889. The molecule has 108 valence electrons. The Morgan fingerprint density at radius 2 is 1.90 bits per heavy atom. The lowest BCUT2D eigenvalue weighted by Gasteiger charge is -2.12. The molecule has 3 aromatic rings. The number of aromatic nitrogens is 1. The molecule has 3 rings (SSSR count). The second-order valence-corrected chi connectivity index (χ2v) is 5.14. The molecule has 0 bridgehead atoms. The third kappa shape index (κ3) is 2.50. The van der Waals surface area contributed by atoms with E-state index in [0.717, 1.165) is 23.1 Å². The molecule has 0 spiro atoms. The maximum Gasteiger partial charge on any atom is 0.419 e. The van der Waals surface area contributed by atoms with Gasteiger partial charge in [0.2, 0.25) is 0 Å². The van der Waals surface area contributed by atoms with E-state index in [0.29, 0.717) is 12.1 Å². The number of aryl methyl sites for hydroxylation is 1. The molecule has 0 aliphatic carbocycles. The Bertz CT molecular complexity index is 803. The smallest absolute Gasteiger partial charge is 0.408 e. The summed E-state index contributed by atoms with van der Waals surface area (Å²) in [5.74, 6) is -0.308. The van der Waals surface area contributed by atoms with Gasteiger partial charge in [0, 0.05) is 6.54 Å². The molecule has 0 radical (unpaired) electrons. The maximum atomic E-state index is 11.8. The van der Waals surface area contributed by atoms with Crippen LogP contribution < -0.4 is 11.5 Å². The molecular weight excluding hydrogens is 264 g/mol. The van der Waals surface area contributed by atoms with Gasteiger partial charge in [-0.25, -0.2) is 4.79 Å². The summed E-state index contributed by atoms with van der Waals surface area (Å²) >= 11 is 0. The molecule has 1 aromatic heterocycles. The molecule has 0 amide bonds. The zero-order valence-corrected chi connectivity index (χ0v) is 12.0. The minimum absolute atomic E-state index is 0.226. The summed E-state index contributed by atoms with van der Waals surface area (Å²) in [6, 6.07) is 15.4. The summed E-state index contributed by atoms with van der Waals surface area (Å²) in [6.45, 7) is 2.70. The second-order valence-electron chi connectivity index (χ2n) is 5.14. The number of nitrogens with two attached hydrogens (primary N) is 1. The average molecular weight is 282 g/mol. The largest absolute Gasteiger partial charge is 0.419 e. The zero-order valence-electron chi connectivity index (χ0n) is 12.0. The van der Waals surface area contributed by atoms with Gasteiger partial charge in [0.15, 0.2) is 5.58 Å². The fraction of sp³-hybridized carbons (Fsp3) is 0.235. The Morgan fingerprint density at radius 3 is 2.62 bits per heavy atom. The first-order valence-corrected chi connectivity index (χ1v) is 7.14. The van der Waals surface area contributed by atoms with Crippen LogP contribution in [-0.4, -0.2) is 4.57 Å². The predicted octanol–water partition coefficient (Wildman–Crippen LogP) is 3.05. The number of fused-ring (bicyclic) bond motifs is 1. The fourth-order valence-corrected chi connectivity index (χ4v) is 2.56. The first kappa shape index (κ1) is 13.6. The second kappa shape index (κ2) is 5.58. The van der Waals surface area contributed by atoms with E-state index in [9.17, 15) is 4.79 Å². The molecule has 4 heteroatoms. The van der Waals surface area contributed by atoms with Crippen molar-refractivity contribution in [3.05, 3.63) is 70.2 Å². The van der Waals surface area contributed by atoms with Gasteiger partial charge in [0.25, 0.3) is 0 Å². The molecule has 0 aliphatic heterocycles. The van der Waals surface area contributed by atoms with E-state index in [2.05, 4.69) is 0 Å². The summed E-state index contributed by atoms with van der Waals surface area (Å²) < 4.78 is 6.99. The van der Waals surface area contributed by atoms with Crippen molar-refractivity contribution >= 4 is 11.1 Å². The van der Waals surface area contributed by atoms with Gasteiger partial charge < -0.3 is 10.2 Å². The number of hydrogen-bond acceptors (Lipinski definition) is 3. The Balaban J connectivity index is 2.04. The van der Waals surface area contributed by atoms with Crippen molar-refractivity contribution in [2.75, 3.05) is 0 Å². The average Bonchev–Trinajstić information content (AvgIpc) is 2.83. The van der Waals surface area contributed by atoms with Crippen molar-refractivity contribution in [2.24, 2.45) is 5.73 Å². The van der Waals surface area contributed by atoms with E-state index in [1.165, 1.54) is 0 Å². The third-order valence-corrected chi connectivity index (χ3v) is 3.66. The van der Waals surface area contributed by atoms with Crippen molar-refractivity contribution in [2.45, 2.75) is 25.9 Å². The highest BCUT2D eigenvalue weighted by Crippen LogP contribution is 2.23. The fourth-order valence-electron chi connectivity index (χ4n) is 2.56. The first-order valence-electron chi connectivity index (χ1n) is 7.14. The maximum absolute atomic E-state index is 11.8. The van der Waals surface area contributed by atoms with Crippen LogP contribution in [-0.2, 0) is 6.54 Å². The number of oxazole rings is 1. The van der Waals surface area contributed by atoms with E-state index < -0.39 is 0 Å². The van der Waals surface area contributed by atoms with Crippen LogP contribution in [0.15, 0.2) is 57.7 Å². The topological polar surface area (TPSA) is 61.2 Å². The number of hydrogen-bond donors (Lipinski definition) is 1. The minimum Gasteiger partial charge on any atom is -0.408 e. The Kier molecular flexibility index (Phi) is 3.62. The van der Waals surface area contributed by atoms with Crippen molar-refractivity contribution in [3.63, 3.8) is 0 Å². The van der Waals surface area contributed by atoms with Crippen molar-refractivity contribution in [1.82, 2.24) is 4.57 Å². The molecule has 1 heterocycles. The van der Waals surface area contributed by atoms with Gasteiger partial charge in [-0.05, 0) is 29.7 Å². The van der Waals surface area contributed by atoms with E-state index in [1.54, 1.807) is 4.57 Å². The van der Waals surface area contributed by atoms with E-state index in [-0.39, 0.29) is 11.8 Å². The number of rotatable bonds is 4. The first-order chi connectivity index (χ1) is 10.2. The molecule has 1 unspecified atom stereocenters. The van der Waals surface area contributed by atoms with Crippen LogP contribution in [0, 0.1) is 0 Å². The van der Waals surface area contributed by atoms with Gasteiger partial charge in [-0.2, -0.15) is 0 Å². The molecule has 0 aliphatic rings. The minimum atomic E-state index is -0.308. The highest BCUT2D eigenvalue weighted by atomic mass is 16.4. The summed E-state index contributed by atoms with van der Waals surface area (Å²) in [5, 5.41) is 0. The lowest BCUT2D eigenvalue weighted by Crippen LogP contribution is -2.13. The monoisotopic (exact) mass is 282 g/mol. The molecule has 0 saturated carbocycles. The normalized spacial score (nSPS) is 12.7. The van der Waals surface area contributed by atoms with Crippen LogP contribution in [0.4, 0.5) is 0 Å². The van der Waals surface area contributed by atoms with Crippen LogP contribution in [0.3, 0.4) is 0 Å². The quantitative estimate of drug-likeness (QED) is 0.800. The Labute approximate surface area is 122 Å². The molecule has 0 fully saturated rings. The van der Waals surface area contributed by atoms with Gasteiger partial charge in [-0.3, -0.25) is 4.57 Å². The zero-order chi connectivity index (χ0) is 14.8. The Morgan fingerprint density at radius 1 is 1.14 bits per heavy atom. The molecule has 2 aromatic carbocycles. The molecule has 4 nitrogen and oxygen atoms in total. The van der Waals surface area contributed by atoms with Crippen molar-refractivity contribution in [1.29, 1.82) is 0 Å². The number of benzene rings is 2. The van der Waals surface area contributed by atoms with Gasteiger partial charge in [-0.1, -0.05) is 43.3 Å². The van der Waals surface area contributed by atoms with Crippen LogP contribution in [0.2, 0.25) is 0 Å². The van der Waals surface area contributed by atoms with Crippen LogP contribution in [0.25, 0.3) is 11.1 Å². The van der Waals surface area contributed by atoms with E-state index >= 15 is 0 Å². The molecular formula is C17H18N2O2. The van der Waals surface area contributed by atoms with E-state index in [4.69, 9.17) is 10.2 Å². The lowest BCUT2D eigenvalue weighted by atomic mass is 9.99. The van der Waals surface area contributed by atoms with Crippen molar-refractivity contribution < 1.29 is 4.42 Å². The van der Waals surface area contributed by atoms with Crippen LogP contribution >= 0.6 is 0 Å². The predicted molar refractivity (Wildman–Crippen MR) is 83.2 cm³/mol. The standard InChI is InChI=1S/C17H18N2O2/c1-2-10-19-14-9-8-13(11-15(14)21-17(19)20)16(18)12-6-4-3-5-7-12/h3-9,11,16H,2,10,18H2,1H3. The van der Waals surface area contributed by atoms with Crippen LogP contribution in [0.1, 0.15) is 30.5 Å². The SMILES string of the molecule is CCCn1c(=O)oc2cc(C(N)c3ccccc3)ccc21. The summed E-state index contributed by atoms with van der Waals surface area (Å²) in [4.78, 5) is 11.8. The molecule has 1 atom stereocenters. The van der Waals surface area contributed by atoms with Gasteiger partial charge in [-0.15, -0.1) is 0 Å². The van der Waals surface area contributed by atoms with E-state index in [1.807, 2.05) is 55.5 Å². The van der Waals surface area contributed by atoms with Gasteiger partial charge >= 0.3 is 5.76 Å². The Hall–Kier alpha value is -2.33. The van der Waals surface area contributed by atoms with Crippen LogP contribution in [0.5, 0.6) is 0 Å². The van der Waals surface area contributed by atoms with Gasteiger partial charge in [0.1, 0.15) is 0 Å². The lowest BCUT2D eigenvalue weighted by molar-refractivity contribution is 0.502. The highest BCUT2D eigenvalue weighted by molar-refractivity contribution is 5.74. The summed E-state index contributed by atoms with van der Waals surface area (Å²) in [7, 11) is 0. The third-order valence-electron chi connectivity index (χ3n) is 3.66. The van der Waals surface area contributed by atoms with Gasteiger partial charge in [0.05, 0.1) is 11.6 Å². The highest BCUT2D eigenvalue weighted by Gasteiger charge is 2.13. The molecule has 21 heavy (non-hydrogen) atoms. The number of nitrogens with zero attached hydrogens (tertiary/aromatic N) is 1. The molecule has 2 N–H and O–H groups in total. The molecule has 0 saturated heterocycles. The summed E-state index contributed by atoms with van der Waals surface area (Å²) in [5.41, 5.74) is 9.67. The van der Waals surface area contributed by atoms with Crippen molar-refractivity contribution in [3.8, 4) is 0 Å².